The van der Waals surface area contributed by atoms with Crippen molar-refractivity contribution in [3.05, 3.63) is 63.1 Å². The minimum atomic E-state index is -0.371. The number of piperazine rings is 1. The fourth-order valence-corrected chi connectivity index (χ4v) is 3.72. The Morgan fingerprint density at radius 1 is 1.11 bits per heavy atom. The fraction of sp³-hybridized carbons (Fsp3) is 0.300. The number of methoxy groups -OCH3 is 1. The van der Waals surface area contributed by atoms with E-state index in [0.717, 1.165) is 15.7 Å². The lowest BCUT2D eigenvalue weighted by atomic mass is 10.1. The van der Waals surface area contributed by atoms with Crippen LogP contribution in [0.4, 0.5) is 0 Å². The Morgan fingerprint density at radius 3 is 2.50 bits per heavy atom. The van der Waals surface area contributed by atoms with Crippen LogP contribution in [0.3, 0.4) is 0 Å². The van der Waals surface area contributed by atoms with Crippen LogP contribution in [0.15, 0.2) is 56.1 Å². The number of benzene rings is 2. The highest BCUT2D eigenvalue weighted by Gasteiger charge is 2.23. The van der Waals surface area contributed by atoms with Gasteiger partial charge in [-0.05, 0) is 42.5 Å². The van der Waals surface area contributed by atoms with Gasteiger partial charge in [0.25, 0.3) is 5.91 Å². The maximum Gasteiger partial charge on any atom is 0.421 e. The Balaban J connectivity index is 1.41. The van der Waals surface area contributed by atoms with Gasteiger partial charge in [-0.3, -0.25) is 14.3 Å². The molecule has 2 aromatic carbocycles. The van der Waals surface area contributed by atoms with Gasteiger partial charge in [-0.1, -0.05) is 15.9 Å². The Morgan fingerprint density at radius 2 is 1.82 bits per heavy atom. The van der Waals surface area contributed by atoms with E-state index in [1.165, 1.54) is 0 Å². The lowest BCUT2D eigenvalue weighted by Crippen LogP contribution is -2.49. The number of nitrogens with zero attached hydrogens (tertiary/aromatic N) is 3. The summed E-state index contributed by atoms with van der Waals surface area (Å²) in [6.45, 7) is 3.05. The predicted octanol–water partition coefficient (Wildman–Crippen LogP) is 2.78. The van der Waals surface area contributed by atoms with Crippen LogP contribution in [0.5, 0.6) is 5.75 Å². The van der Waals surface area contributed by atoms with Crippen LogP contribution in [0.25, 0.3) is 11.1 Å². The normalized spacial score (nSPS) is 15.1. The lowest BCUT2D eigenvalue weighted by molar-refractivity contribution is 0.0592. The van der Waals surface area contributed by atoms with E-state index in [2.05, 4.69) is 20.8 Å². The van der Waals surface area contributed by atoms with Crippen LogP contribution in [0, 0.1) is 0 Å². The van der Waals surface area contributed by atoms with Crippen molar-refractivity contribution in [2.24, 2.45) is 0 Å². The molecular formula is C20H20BrN3O4. The van der Waals surface area contributed by atoms with Crippen LogP contribution in [-0.2, 0) is 6.67 Å². The van der Waals surface area contributed by atoms with E-state index in [1.807, 2.05) is 17.0 Å². The predicted molar refractivity (Wildman–Crippen MR) is 109 cm³/mol. The van der Waals surface area contributed by atoms with Crippen LogP contribution in [0.2, 0.25) is 0 Å². The number of amides is 1. The second-order valence-electron chi connectivity index (χ2n) is 6.69. The molecular weight excluding hydrogens is 426 g/mol. The smallest absolute Gasteiger partial charge is 0.421 e. The molecule has 1 fully saturated rings. The molecule has 1 saturated heterocycles. The Bertz CT molecular complexity index is 1050. The molecule has 0 atom stereocenters. The highest BCUT2D eigenvalue weighted by Crippen LogP contribution is 2.20. The van der Waals surface area contributed by atoms with E-state index in [9.17, 15) is 9.59 Å². The quantitative estimate of drug-likeness (QED) is 0.617. The molecule has 0 saturated carbocycles. The van der Waals surface area contributed by atoms with Crippen molar-refractivity contribution >= 4 is 32.9 Å². The standard InChI is InChI=1S/C20H20BrN3O4/c1-27-16-5-2-14(3-6-16)19(25)23-10-8-22(9-11-23)13-24-17-7-4-15(21)12-18(17)28-20(24)26/h2-7,12H,8-11,13H2,1H3. The van der Waals surface area contributed by atoms with E-state index in [-0.39, 0.29) is 11.7 Å². The van der Waals surface area contributed by atoms with Gasteiger partial charge >= 0.3 is 5.76 Å². The van der Waals surface area contributed by atoms with Gasteiger partial charge in [0.05, 0.1) is 19.3 Å². The summed E-state index contributed by atoms with van der Waals surface area (Å²) in [7, 11) is 1.60. The molecule has 0 spiro atoms. The van der Waals surface area contributed by atoms with Crippen molar-refractivity contribution in [3.63, 3.8) is 0 Å². The molecule has 0 unspecified atom stereocenters. The van der Waals surface area contributed by atoms with Crippen molar-refractivity contribution in [2.75, 3.05) is 33.3 Å². The molecule has 0 bridgehead atoms. The third-order valence-electron chi connectivity index (χ3n) is 4.97. The second-order valence-corrected chi connectivity index (χ2v) is 7.60. The third-order valence-corrected chi connectivity index (χ3v) is 5.46. The number of carbonyl (C=O) groups excluding carboxylic acids is 1. The van der Waals surface area contributed by atoms with Crippen molar-refractivity contribution in [1.82, 2.24) is 14.4 Å². The zero-order valence-corrected chi connectivity index (χ0v) is 17.0. The number of hydrogen-bond acceptors (Lipinski definition) is 5. The summed E-state index contributed by atoms with van der Waals surface area (Å²) < 4.78 is 13.0. The van der Waals surface area contributed by atoms with Gasteiger partial charge in [0, 0.05) is 36.2 Å². The number of rotatable bonds is 4. The topological polar surface area (TPSA) is 67.9 Å². The number of aromatic nitrogens is 1. The lowest BCUT2D eigenvalue weighted by Gasteiger charge is -2.34. The van der Waals surface area contributed by atoms with Crippen molar-refractivity contribution < 1.29 is 13.9 Å². The summed E-state index contributed by atoms with van der Waals surface area (Å²) in [6, 6.07) is 12.7. The Kier molecular flexibility index (Phi) is 5.23. The number of carbonyl (C=O) groups is 1. The average Bonchev–Trinajstić information content (AvgIpc) is 3.02. The Labute approximate surface area is 170 Å². The van der Waals surface area contributed by atoms with E-state index < -0.39 is 0 Å². The number of halogens is 1. The number of ether oxygens (including phenoxy) is 1. The first kappa shape index (κ1) is 18.8. The first-order valence-corrected chi connectivity index (χ1v) is 9.79. The van der Waals surface area contributed by atoms with E-state index >= 15 is 0 Å². The number of hydrogen-bond donors (Lipinski definition) is 0. The molecule has 0 aliphatic carbocycles. The molecule has 1 aromatic heterocycles. The van der Waals surface area contributed by atoms with E-state index in [1.54, 1.807) is 42.0 Å². The van der Waals surface area contributed by atoms with Crippen molar-refractivity contribution in [1.29, 1.82) is 0 Å². The molecule has 0 N–H and O–H groups in total. The SMILES string of the molecule is COc1ccc(C(=O)N2CCN(Cn3c(=O)oc4cc(Br)ccc43)CC2)cc1. The van der Waals surface area contributed by atoms with Gasteiger partial charge in [0.15, 0.2) is 5.58 Å². The largest absolute Gasteiger partial charge is 0.497 e. The summed E-state index contributed by atoms with van der Waals surface area (Å²) >= 11 is 3.39. The monoisotopic (exact) mass is 445 g/mol. The van der Waals surface area contributed by atoms with E-state index in [4.69, 9.17) is 9.15 Å². The molecule has 2 heterocycles. The molecule has 146 valence electrons. The first-order chi connectivity index (χ1) is 13.5. The van der Waals surface area contributed by atoms with Gasteiger partial charge in [0.2, 0.25) is 0 Å². The minimum absolute atomic E-state index is 0.0121. The van der Waals surface area contributed by atoms with Crippen LogP contribution in [0.1, 0.15) is 10.4 Å². The van der Waals surface area contributed by atoms with Crippen molar-refractivity contribution in [2.45, 2.75) is 6.67 Å². The maximum absolute atomic E-state index is 12.7. The number of fused-ring (bicyclic) bond motifs is 1. The molecule has 1 aliphatic rings. The molecule has 4 rings (SSSR count). The third kappa shape index (κ3) is 3.70. The highest BCUT2D eigenvalue weighted by atomic mass is 79.9. The number of oxazole rings is 1. The van der Waals surface area contributed by atoms with E-state index in [0.29, 0.717) is 44.0 Å². The first-order valence-electron chi connectivity index (χ1n) is 9.00. The zero-order valence-electron chi connectivity index (χ0n) is 15.4. The fourth-order valence-electron chi connectivity index (χ4n) is 3.38. The summed E-state index contributed by atoms with van der Waals surface area (Å²) in [5, 5.41) is 0. The summed E-state index contributed by atoms with van der Waals surface area (Å²) in [5.41, 5.74) is 1.98. The maximum atomic E-state index is 12.7. The molecule has 1 aliphatic heterocycles. The second kappa shape index (κ2) is 7.81. The van der Waals surface area contributed by atoms with Gasteiger partial charge in [0.1, 0.15) is 5.75 Å². The molecule has 1 amide bonds. The summed E-state index contributed by atoms with van der Waals surface area (Å²) in [6.07, 6.45) is 0. The van der Waals surface area contributed by atoms with Crippen LogP contribution >= 0.6 is 15.9 Å². The van der Waals surface area contributed by atoms with Gasteiger partial charge in [-0.15, -0.1) is 0 Å². The molecule has 8 heteroatoms. The van der Waals surface area contributed by atoms with Gasteiger partial charge in [-0.2, -0.15) is 0 Å². The van der Waals surface area contributed by atoms with Crippen LogP contribution in [-0.4, -0.2) is 53.6 Å². The Hall–Kier alpha value is -2.58. The zero-order chi connectivity index (χ0) is 19.7. The minimum Gasteiger partial charge on any atom is -0.497 e. The van der Waals surface area contributed by atoms with Gasteiger partial charge < -0.3 is 14.1 Å². The highest BCUT2D eigenvalue weighted by molar-refractivity contribution is 9.10. The summed E-state index contributed by atoms with van der Waals surface area (Å²) in [5.74, 6) is 0.370. The molecule has 28 heavy (non-hydrogen) atoms. The summed E-state index contributed by atoms with van der Waals surface area (Å²) in [4.78, 5) is 28.9. The average molecular weight is 446 g/mol. The van der Waals surface area contributed by atoms with Gasteiger partial charge in [-0.25, -0.2) is 4.79 Å². The molecule has 0 radical (unpaired) electrons. The van der Waals surface area contributed by atoms with Crippen LogP contribution < -0.4 is 10.5 Å². The molecule has 7 nitrogen and oxygen atoms in total. The van der Waals surface area contributed by atoms with Crippen molar-refractivity contribution in [3.8, 4) is 5.75 Å². The molecule has 3 aromatic rings.